The second-order valence-corrected chi connectivity index (χ2v) is 29.7. The lowest BCUT2D eigenvalue weighted by Gasteiger charge is -2.08. The highest BCUT2D eigenvalue weighted by molar-refractivity contribution is 6.31. The highest BCUT2D eigenvalue weighted by atomic mass is 35.5. The molecule has 0 N–H and O–H groups in total. The van der Waals surface area contributed by atoms with E-state index in [1.807, 2.05) is 97.0 Å². The second kappa shape index (κ2) is 45.1. The van der Waals surface area contributed by atoms with Crippen molar-refractivity contribution in [1.29, 1.82) is 0 Å². The molecule has 25 nitrogen and oxygen atoms in total. The molecule has 0 radical (unpaired) electrons. The summed E-state index contributed by atoms with van der Waals surface area (Å²) in [6.07, 6.45) is 31.9. The van der Waals surface area contributed by atoms with E-state index in [2.05, 4.69) is 86.6 Å². The molecule has 0 aromatic carbocycles. The first-order valence-corrected chi connectivity index (χ1v) is 40.1. The van der Waals surface area contributed by atoms with Gasteiger partial charge < -0.3 is 23.7 Å². The third-order valence-corrected chi connectivity index (χ3v) is 18.0. The van der Waals surface area contributed by atoms with E-state index in [0.29, 0.717) is 163 Å². The van der Waals surface area contributed by atoms with Crippen molar-refractivity contribution in [1.82, 2.24) is 74.8 Å². The molecule has 0 saturated heterocycles. The molecule has 0 bridgehead atoms. The summed E-state index contributed by atoms with van der Waals surface area (Å²) >= 11 is 23.6. The maximum absolute atomic E-state index is 12.5. The van der Waals surface area contributed by atoms with Gasteiger partial charge in [-0.05, 0) is 128 Å². The van der Waals surface area contributed by atoms with E-state index in [1.165, 1.54) is 24.8 Å². The Hall–Kier alpha value is -15.1. The first-order chi connectivity index (χ1) is 60.6. The number of carbonyl (C=O) groups is 5. The van der Waals surface area contributed by atoms with Gasteiger partial charge in [0.2, 0.25) is 0 Å². The number of pyridine rings is 15. The Bertz CT molecular complexity index is 6350. The van der Waals surface area contributed by atoms with Gasteiger partial charge in [0.1, 0.15) is 86.0 Å². The number of ketones is 5. The van der Waals surface area contributed by atoms with Crippen molar-refractivity contribution in [3.63, 3.8) is 0 Å². The molecule has 0 aliphatic rings. The molecule has 0 spiro atoms. The van der Waals surface area contributed by atoms with E-state index in [1.54, 1.807) is 184 Å². The lowest BCUT2D eigenvalue weighted by atomic mass is 10.1. The van der Waals surface area contributed by atoms with Crippen molar-refractivity contribution in [2.24, 2.45) is 0 Å². The van der Waals surface area contributed by atoms with Crippen LogP contribution >= 0.6 is 46.4 Å². The number of hydrogen-bond donors (Lipinski definition) is 0. The molecule has 0 amide bonds. The zero-order valence-corrected chi connectivity index (χ0v) is 72.2. The summed E-state index contributed by atoms with van der Waals surface area (Å²) in [6, 6.07) is 49.0. The monoisotopic (exact) mass is 1750 g/mol. The number of ether oxygens (including phenoxy) is 5. The maximum Gasteiger partial charge on any atom is 0.187 e. The fourth-order valence-corrected chi connectivity index (χ4v) is 12.2. The fraction of sp³-hybridized carbons (Fsp3) is 0.134. The highest BCUT2D eigenvalue weighted by Gasteiger charge is 2.20. The van der Waals surface area contributed by atoms with Crippen LogP contribution in [0.3, 0.4) is 0 Å². The number of rotatable bonds is 25. The molecule has 0 atom stereocenters. The van der Waals surface area contributed by atoms with E-state index in [-0.39, 0.29) is 61.0 Å². The molecule has 0 aliphatic carbocycles. The third-order valence-electron chi connectivity index (χ3n) is 17.2. The van der Waals surface area contributed by atoms with Crippen molar-refractivity contribution >= 4 is 75.3 Å². The van der Waals surface area contributed by atoms with Gasteiger partial charge in [-0.2, -0.15) is 0 Å². The Balaban J connectivity index is 0.000000153. The number of aromatic nitrogens is 15. The van der Waals surface area contributed by atoms with Crippen molar-refractivity contribution in [2.75, 3.05) is 0 Å². The summed E-state index contributed by atoms with van der Waals surface area (Å²) in [4.78, 5) is 125. The van der Waals surface area contributed by atoms with E-state index in [9.17, 15) is 24.0 Å². The molecule has 15 heterocycles. The summed E-state index contributed by atoms with van der Waals surface area (Å²) in [5, 5.41) is 1.89. The normalized spacial score (nSPS) is 10.4. The molecule has 0 aliphatic heterocycles. The minimum absolute atomic E-state index is 0.115. The topological polar surface area (TPSA) is 325 Å². The molecule has 0 unspecified atom stereocenters. The van der Waals surface area contributed by atoms with Crippen LogP contribution in [0.25, 0.3) is 0 Å². The third kappa shape index (κ3) is 29.6. The maximum atomic E-state index is 12.5. The summed E-state index contributed by atoms with van der Waals surface area (Å²) < 4.78 is 28.7. The molecule has 628 valence electrons. The Morgan fingerprint density at radius 3 is 0.810 bits per heavy atom. The zero-order chi connectivity index (χ0) is 89.6. The second-order valence-electron chi connectivity index (χ2n) is 27.9. The molecule has 15 rings (SSSR count). The minimum Gasteiger partial charge on any atom is -0.456 e. The summed E-state index contributed by atoms with van der Waals surface area (Å²) in [5.41, 5.74) is 12.6. The van der Waals surface area contributed by atoms with Gasteiger partial charge in [0.25, 0.3) is 0 Å². The van der Waals surface area contributed by atoms with E-state index in [0.717, 1.165) is 28.3 Å². The zero-order valence-electron chi connectivity index (χ0n) is 69.2. The Morgan fingerprint density at radius 1 is 0.270 bits per heavy atom. The van der Waals surface area contributed by atoms with Crippen molar-refractivity contribution in [3.05, 3.63) is 384 Å². The van der Waals surface area contributed by atoms with Crippen LogP contribution in [0.2, 0.25) is 20.1 Å². The number of halogens is 4. The minimum atomic E-state index is -0.163. The van der Waals surface area contributed by atoms with E-state index >= 15 is 0 Å². The van der Waals surface area contributed by atoms with Crippen LogP contribution in [-0.2, 0) is 32.1 Å². The highest BCUT2D eigenvalue weighted by Crippen LogP contribution is 2.31. The number of Topliss-reactive ketones (excluding diaryl/α,β-unsaturated/α-hetero) is 5. The quantitative estimate of drug-likeness (QED) is 0.0379. The molecule has 126 heavy (non-hydrogen) atoms. The van der Waals surface area contributed by atoms with Crippen molar-refractivity contribution in [2.45, 2.75) is 87.5 Å². The summed E-state index contributed by atoms with van der Waals surface area (Å²) in [5.74, 6) is 9.47. The standard InChI is InChI=1S/C20H14ClN3O2.C20H15N3O2.3C19H16ClN3O2/c1-3-14-4-5-16(23-10-14)8-20(25)19-9-17(6-13(2)24-19)26-18-7-15(21)11-22-12-18;1-3-15-6-7-16(22-12-15)10-20(24)19-11-18(9-14(2)23-19)25-17-5-4-8-21-13-17;1-12-3-4-15(22-9-12)7-19(24)18-8-16(5-13(2)23-18)25-17-6-14(20)10-21-11-17;2*1-12-4-3-5-15(22-12)8-19(24)18-9-16(6-13(2)23-18)25-17-7-14(20)10-21-11-17/h1,4-7,9-12H,8H2,2H3;1,4-9,11-13H,10H2,2H3;3-6,8-11H,7H2,1-2H3;2*3-7,9-11H,8H2,1-2H3. The lowest BCUT2D eigenvalue weighted by molar-refractivity contribution is 0.0978. The Kier molecular flexibility index (Phi) is 32.8. The smallest absolute Gasteiger partial charge is 0.187 e. The van der Waals surface area contributed by atoms with E-state index in [4.69, 9.17) is 82.9 Å². The van der Waals surface area contributed by atoms with Crippen LogP contribution < -0.4 is 23.7 Å². The number of hydrogen-bond acceptors (Lipinski definition) is 25. The average molecular weight is 1750 g/mol. The Labute approximate surface area is 746 Å². The molecule has 0 saturated carbocycles. The van der Waals surface area contributed by atoms with Crippen molar-refractivity contribution in [3.8, 4) is 82.2 Å². The van der Waals surface area contributed by atoms with Crippen LogP contribution in [0.4, 0.5) is 0 Å². The summed E-state index contributed by atoms with van der Waals surface area (Å²) in [6.45, 7) is 14.8. The molecular weight excluding hydrogens is 1680 g/mol. The SMILES string of the molecule is C#Cc1ccc(CC(=O)c2cc(Oc3cccnc3)cc(C)n2)nc1.C#Cc1ccc(CC(=O)c2cc(Oc3cncc(Cl)c3)cc(C)n2)nc1.Cc1ccc(CC(=O)c2cc(Oc3cncc(Cl)c3)cc(C)n2)nc1.Cc1cccc(CC(=O)c2cc(Oc3cncc(Cl)c3)cc(C)n2)n1.Cc1cccc(CC(=O)c2cc(Oc3cncc(Cl)c3)cc(C)n2)n1. The molecule has 29 heteroatoms. The number of aryl methyl sites for hydroxylation is 8. The van der Waals surface area contributed by atoms with Crippen LogP contribution in [0.1, 0.15) is 137 Å². The van der Waals surface area contributed by atoms with Crippen molar-refractivity contribution < 1.29 is 47.7 Å². The molecule has 0 fully saturated rings. The van der Waals surface area contributed by atoms with Crippen LogP contribution in [-0.4, -0.2) is 104 Å². The van der Waals surface area contributed by atoms with Crippen LogP contribution in [0, 0.1) is 80.1 Å². The first kappa shape index (κ1) is 91.6. The predicted molar refractivity (Wildman–Crippen MR) is 478 cm³/mol. The van der Waals surface area contributed by atoms with Gasteiger partial charge in [-0.1, -0.05) is 76.4 Å². The molecule has 15 aromatic rings. The summed E-state index contributed by atoms with van der Waals surface area (Å²) in [7, 11) is 0. The average Bonchev–Trinajstić information content (AvgIpc) is 0.850. The van der Waals surface area contributed by atoms with Gasteiger partial charge in [-0.15, -0.1) is 12.8 Å². The molecular formula is C97H77Cl4N15O10. The number of carbonyl (C=O) groups excluding carboxylic acids is 5. The largest absolute Gasteiger partial charge is 0.456 e. The fourth-order valence-electron chi connectivity index (χ4n) is 11.6. The number of terminal acetylenes is 2. The van der Waals surface area contributed by atoms with E-state index < -0.39 is 0 Å². The van der Waals surface area contributed by atoms with Gasteiger partial charge >= 0.3 is 0 Å². The van der Waals surface area contributed by atoms with Crippen LogP contribution in [0.5, 0.6) is 57.5 Å². The first-order valence-electron chi connectivity index (χ1n) is 38.6. The van der Waals surface area contributed by atoms with Gasteiger partial charge in [0, 0.05) is 214 Å². The Morgan fingerprint density at radius 2 is 0.556 bits per heavy atom. The lowest BCUT2D eigenvalue weighted by Crippen LogP contribution is -2.08. The van der Waals surface area contributed by atoms with Gasteiger partial charge in [-0.25, -0.2) is 24.9 Å². The molecule has 15 aromatic heterocycles. The van der Waals surface area contributed by atoms with Gasteiger partial charge in [0.15, 0.2) is 28.9 Å². The number of nitrogens with zero attached hydrogens (tertiary/aromatic N) is 15. The van der Waals surface area contributed by atoms with Gasteiger partial charge in [-0.3, -0.25) is 73.8 Å². The predicted octanol–water partition coefficient (Wildman–Crippen LogP) is 20.5. The van der Waals surface area contributed by atoms with Crippen LogP contribution in [0.15, 0.2) is 250 Å². The van der Waals surface area contributed by atoms with Gasteiger partial charge in [0.05, 0.1) is 83.2 Å².